The summed E-state index contributed by atoms with van der Waals surface area (Å²) in [6, 6.07) is 13.8. The number of nitrogens with one attached hydrogen (secondary N) is 1. The lowest BCUT2D eigenvalue weighted by Gasteiger charge is -2.27. The third kappa shape index (κ3) is 3.71. The average molecular weight is 473 g/mol. The molecule has 0 unspecified atom stereocenters. The van der Waals surface area contributed by atoms with Gasteiger partial charge in [-0.2, -0.15) is 5.10 Å². The highest BCUT2D eigenvalue weighted by Crippen LogP contribution is 2.48. The van der Waals surface area contributed by atoms with Gasteiger partial charge >= 0.3 is 0 Å². The van der Waals surface area contributed by atoms with E-state index in [0.717, 1.165) is 11.1 Å². The molecule has 0 radical (unpaired) electrons. The molecule has 9 heteroatoms. The van der Waals surface area contributed by atoms with Gasteiger partial charge in [0, 0.05) is 30.1 Å². The van der Waals surface area contributed by atoms with Crippen LogP contribution in [-0.2, 0) is 6.54 Å². The maximum atomic E-state index is 13.6. The lowest BCUT2D eigenvalue weighted by atomic mass is 9.95. The summed E-state index contributed by atoms with van der Waals surface area (Å²) in [4.78, 5) is 19.5. The number of fused-ring (bicyclic) bond motifs is 1. The van der Waals surface area contributed by atoms with E-state index >= 15 is 0 Å². The largest absolute Gasteiger partial charge is 0.507 e. The summed E-state index contributed by atoms with van der Waals surface area (Å²) in [5.74, 6) is 1.27. The van der Waals surface area contributed by atoms with Crippen LogP contribution in [0.2, 0.25) is 0 Å². The Balaban J connectivity index is 1.72. The summed E-state index contributed by atoms with van der Waals surface area (Å²) >= 11 is 0. The second-order valence-corrected chi connectivity index (χ2v) is 8.03. The molecular weight excluding hydrogens is 448 g/mol. The number of para-hydroxylation sites is 1. The summed E-state index contributed by atoms with van der Waals surface area (Å²) in [6.07, 6.45) is 3.39. The van der Waals surface area contributed by atoms with Gasteiger partial charge in [-0.25, -0.2) is 0 Å². The van der Waals surface area contributed by atoms with E-state index in [9.17, 15) is 9.90 Å². The first-order valence-corrected chi connectivity index (χ1v) is 10.9. The Kier molecular flexibility index (Phi) is 5.74. The highest BCUT2D eigenvalue weighted by molar-refractivity contribution is 6.00. The molecule has 0 aliphatic carbocycles. The van der Waals surface area contributed by atoms with Crippen molar-refractivity contribution in [3.63, 3.8) is 0 Å². The van der Waals surface area contributed by atoms with E-state index in [1.165, 1.54) is 0 Å². The van der Waals surface area contributed by atoms with Gasteiger partial charge in [0.25, 0.3) is 5.91 Å². The third-order valence-electron chi connectivity index (χ3n) is 6.13. The number of H-pyrrole nitrogens is 1. The van der Waals surface area contributed by atoms with Crippen molar-refractivity contribution in [2.45, 2.75) is 12.6 Å². The molecule has 35 heavy (non-hydrogen) atoms. The van der Waals surface area contributed by atoms with Crippen molar-refractivity contribution in [2.24, 2.45) is 0 Å². The standard InChI is InChI=1S/C26H24N4O5/c1-33-19-12-16(13-20(34-2)25(19)35-3)24-21-22(17-6-4-5-7-18(17)31)28-29-23(21)26(32)30(24)14-15-8-10-27-11-9-15/h4-13,24,31H,14H2,1-3H3,(H,28,29)/t24-/m1/s1. The van der Waals surface area contributed by atoms with Crippen LogP contribution in [0.4, 0.5) is 0 Å². The molecular formula is C26H24N4O5. The van der Waals surface area contributed by atoms with Crippen LogP contribution in [0.25, 0.3) is 11.3 Å². The van der Waals surface area contributed by atoms with E-state index < -0.39 is 6.04 Å². The molecule has 1 atom stereocenters. The van der Waals surface area contributed by atoms with Gasteiger partial charge in [0.15, 0.2) is 11.5 Å². The molecule has 4 aromatic rings. The molecule has 2 aromatic carbocycles. The van der Waals surface area contributed by atoms with Gasteiger partial charge in [0.1, 0.15) is 17.1 Å². The second-order valence-electron chi connectivity index (χ2n) is 8.03. The molecule has 0 fully saturated rings. The Morgan fingerprint density at radius 2 is 1.69 bits per heavy atom. The fraction of sp³-hybridized carbons (Fsp3) is 0.192. The van der Waals surface area contributed by atoms with E-state index in [4.69, 9.17) is 14.2 Å². The zero-order valence-corrected chi connectivity index (χ0v) is 19.5. The number of aromatic amines is 1. The summed E-state index contributed by atoms with van der Waals surface area (Å²) in [6.45, 7) is 0.339. The number of carbonyl (C=O) groups excluding carboxylic acids is 1. The van der Waals surface area contributed by atoms with Crippen LogP contribution in [0.5, 0.6) is 23.0 Å². The first-order chi connectivity index (χ1) is 17.1. The highest BCUT2D eigenvalue weighted by Gasteiger charge is 2.43. The Labute approximate surface area is 201 Å². The summed E-state index contributed by atoms with van der Waals surface area (Å²) in [5, 5.41) is 17.9. The van der Waals surface area contributed by atoms with Crippen LogP contribution in [0, 0.1) is 0 Å². The molecule has 0 saturated heterocycles. The first-order valence-electron chi connectivity index (χ1n) is 10.9. The summed E-state index contributed by atoms with van der Waals surface area (Å²) < 4.78 is 16.7. The molecule has 2 aromatic heterocycles. The smallest absolute Gasteiger partial charge is 0.273 e. The number of amides is 1. The topological polar surface area (TPSA) is 110 Å². The van der Waals surface area contributed by atoms with Crippen molar-refractivity contribution in [3.05, 3.63) is 83.3 Å². The average Bonchev–Trinajstić information content (AvgIpc) is 3.43. The van der Waals surface area contributed by atoms with Gasteiger partial charge in [0.05, 0.1) is 27.4 Å². The van der Waals surface area contributed by atoms with Crippen molar-refractivity contribution >= 4 is 5.91 Å². The molecule has 0 spiro atoms. The number of pyridine rings is 1. The first kappa shape index (κ1) is 22.3. The molecule has 5 rings (SSSR count). The fourth-order valence-corrected chi connectivity index (χ4v) is 4.53. The van der Waals surface area contributed by atoms with Crippen molar-refractivity contribution < 1.29 is 24.1 Å². The number of hydrogen-bond acceptors (Lipinski definition) is 7. The van der Waals surface area contributed by atoms with Crippen LogP contribution in [0.3, 0.4) is 0 Å². The minimum Gasteiger partial charge on any atom is -0.507 e. The van der Waals surface area contributed by atoms with Crippen LogP contribution >= 0.6 is 0 Å². The highest BCUT2D eigenvalue weighted by atomic mass is 16.5. The Morgan fingerprint density at radius 3 is 2.31 bits per heavy atom. The predicted molar refractivity (Wildman–Crippen MR) is 128 cm³/mol. The summed E-state index contributed by atoms with van der Waals surface area (Å²) in [5.41, 5.74) is 3.74. The van der Waals surface area contributed by atoms with Gasteiger partial charge in [-0.05, 0) is 47.5 Å². The number of nitrogens with zero attached hydrogens (tertiary/aromatic N) is 3. The molecule has 1 aliphatic rings. The maximum absolute atomic E-state index is 13.6. The quantitative estimate of drug-likeness (QED) is 0.419. The third-order valence-corrected chi connectivity index (χ3v) is 6.13. The normalized spacial score (nSPS) is 14.7. The molecule has 2 N–H and O–H groups in total. The molecule has 9 nitrogen and oxygen atoms in total. The number of carbonyl (C=O) groups is 1. The Morgan fingerprint density at radius 1 is 1.00 bits per heavy atom. The number of phenolic OH excluding ortho intramolecular Hbond substituents is 1. The number of rotatable bonds is 7. The SMILES string of the molecule is COc1cc([C@@H]2c3c(-c4ccccc4O)n[nH]c3C(=O)N2Cc2ccncc2)cc(OC)c1OC. The van der Waals surface area contributed by atoms with Crippen LogP contribution in [-0.4, -0.2) is 52.4 Å². The Hall–Kier alpha value is -4.53. The van der Waals surface area contributed by atoms with Crippen molar-refractivity contribution in [1.29, 1.82) is 0 Å². The fourth-order valence-electron chi connectivity index (χ4n) is 4.53. The zero-order chi connectivity index (χ0) is 24.5. The van der Waals surface area contributed by atoms with E-state index in [2.05, 4.69) is 15.2 Å². The molecule has 1 amide bonds. The summed E-state index contributed by atoms with van der Waals surface area (Å²) in [7, 11) is 4.64. The predicted octanol–water partition coefficient (Wildman–Crippen LogP) is 3.95. The number of ether oxygens (including phenoxy) is 3. The van der Waals surface area contributed by atoms with Gasteiger partial charge < -0.3 is 24.2 Å². The van der Waals surface area contributed by atoms with Crippen LogP contribution < -0.4 is 14.2 Å². The van der Waals surface area contributed by atoms with E-state index in [0.29, 0.717) is 46.3 Å². The number of methoxy groups -OCH3 is 3. The van der Waals surface area contributed by atoms with E-state index in [-0.39, 0.29) is 11.7 Å². The number of phenols is 1. The van der Waals surface area contributed by atoms with Crippen LogP contribution in [0.1, 0.15) is 33.2 Å². The van der Waals surface area contributed by atoms with Crippen molar-refractivity contribution in [1.82, 2.24) is 20.1 Å². The van der Waals surface area contributed by atoms with Gasteiger partial charge in [-0.1, -0.05) is 12.1 Å². The van der Waals surface area contributed by atoms with Gasteiger partial charge in [-0.3, -0.25) is 14.9 Å². The molecule has 0 bridgehead atoms. The monoisotopic (exact) mass is 472 g/mol. The molecule has 3 heterocycles. The number of aromatic hydroxyl groups is 1. The molecule has 1 aliphatic heterocycles. The lowest BCUT2D eigenvalue weighted by Crippen LogP contribution is -2.29. The van der Waals surface area contributed by atoms with E-state index in [1.807, 2.05) is 30.3 Å². The zero-order valence-electron chi connectivity index (χ0n) is 19.5. The maximum Gasteiger partial charge on any atom is 0.273 e. The van der Waals surface area contributed by atoms with Gasteiger partial charge in [-0.15, -0.1) is 0 Å². The molecule has 0 saturated carbocycles. The Bertz CT molecular complexity index is 1360. The van der Waals surface area contributed by atoms with Crippen molar-refractivity contribution in [2.75, 3.05) is 21.3 Å². The number of aromatic nitrogens is 3. The second kappa shape index (κ2) is 9.02. The van der Waals surface area contributed by atoms with Crippen LogP contribution in [0.15, 0.2) is 60.9 Å². The lowest BCUT2D eigenvalue weighted by molar-refractivity contribution is 0.0729. The van der Waals surface area contributed by atoms with E-state index in [1.54, 1.807) is 56.8 Å². The van der Waals surface area contributed by atoms with Gasteiger partial charge in [0.2, 0.25) is 5.75 Å². The minimum atomic E-state index is -0.535. The molecule has 178 valence electrons. The number of hydrogen-bond donors (Lipinski definition) is 2. The minimum absolute atomic E-state index is 0.0745. The number of benzene rings is 2. The van der Waals surface area contributed by atoms with Crippen molar-refractivity contribution in [3.8, 4) is 34.3 Å².